The topological polar surface area (TPSA) is 12.4 Å². The van der Waals surface area contributed by atoms with E-state index < -0.39 is 0 Å². The number of hydrogen-bond donors (Lipinski definition) is 0. The molecule has 7 aromatic carbocycles. The molecule has 10 rings (SSSR count). The molecule has 2 aliphatic carbocycles. The number of allylic oxidation sites excluding steroid dienone is 13. The van der Waals surface area contributed by atoms with Gasteiger partial charge in [-0.1, -0.05) is 240 Å². The van der Waals surface area contributed by atoms with Crippen LogP contribution in [0.2, 0.25) is 0 Å². The van der Waals surface area contributed by atoms with Gasteiger partial charge in [-0.25, -0.2) is 0 Å². The number of aliphatic imine (C=N–C) groups is 1. The van der Waals surface area contributed by atoms with Crippen LogP contribution in [-0.4, -0.2) is 6.21 Å². The number of thiophene rings is 1. The maximum atomic E-state index is 4.55. The predicted octanol–water partition coefficient (Wildman–Crippen LogP) is 18.7. The molecule has 0 N–H and O–H groups in total. The summed E-state index contributed by atoms with van der Waals surface area (Å²) < 4.78 is 2.77. The van der Waals surface area contributed by atoms with E-state index in [1.165, 1.54) is 75.8 Å². The van der Waals surface area contributed by atoms with Crippen molar-refractivity contribution in [2.24, 2.45) is 4.99 Å². The molecule has 0 amide bonds. The maximum absolute atomic E-state index is 4.55. The molecule has 0 saturated carbocycles. The summed E-state index contributed by atoms with van der Waals surface area (Å²) in [5.74, 6) is 0. The zero-order valence-corrected chi connectivity index (χ0v) is 39.9. The van der Waals surface area contributed by atoms with Crippen molar-refractivity contribution in [3.8, 4) is 22.3 Å². The van der Waals surface area contributed by atoms with Crippen molar-refractivity contribution in [3.05, 3.63) is 271 Å². The average Bonchev–Trinajstić information content (AvgIpc) is 3.88. The second-order valence-corrected chi connectivity index (χ2v) is 17.5. The highest BCUT2D eigenvalue weighted by molar-refractivity contribution is 7.26. The Labute approximate surface area is 397 Å². The van der Waals surface area contributed by atoms with Gasteiger partial charge >= 0.3 is 0 Å². The molecular formula is C64H59NS. The first-order chi connectivity index (χ1) is 32.3. The van der Waals surface area contributed by atoms with Crippen LogP contribution in [-0.2, 0) is 5.41 Å². The van der Waals surface area contributed by atoms with E-state index in [9.17, 15) is 0 Å². The number of rotatable bonds is 6. The standard InChI is InChI=1S/C31H24S.C24H21N.C7H8.C2H6/c1-20-11-7-5-4-6-8-12-22(20)21-15-16-25-27(19-21)31(2,3)26-18-17-24-23-13-9-10-14-28(23)32-30(24)29(25)26;1-2-9-20(21-10-5-3-6-11-21)18-19-25-24-16-14-23(15-17-24)22-12-7-4-8-13-22;1-7-5-3-2-4-6-7;1-2/h4-19H,1H2,2-3H3;2-19H,1H3;2-6H,1H3;1-2H3/b5-4-,8-6-,11-7-,22-12+;9-2-,20-18+,25-19?;;. The second-order valence-electron chi connectivity index (χ2n) is 16.4. The molecule has 0 spiro atoms. The molecule has 0 fully saturated rings. The lowest BCUT2D eigenvalue weighted by Gasteiger charge is -2.22. The Balaban J connectivity index is 0.000000169. The van der Waals surface area contributed by atoms with E-state index >= 15 is 0 Å². The van der Waals surface area contributed by atoms with Gasteiger partial charge in [-0.05, 0) is 99.9 Å². The van der Waals surface area contributed by atoms with Crippen LogP contribution in [0.1, 0.15) is 62.4 Å². The molecule has 0 unspecified atom stereocenters. The van der Waals surface area contributed by atoms with Crippen LogP contribution in [0.3, 0.4) is 0 Å². The lowest BCUT2D eigenvalue weighted by atomic mass is 9.81. The van der Waals surface area contributed by atoms with Crippen LogP contribution in [0.5, 0.6) is 0 Å². The Morgan fingerprint density at radius 3 is 1.92 bits per heavy atom. The highest BCUT2D eigenvalue weighted by Gasteiger charge is 2.37. The summed E-state index contributed by atoms with van der Waals surface area (Å²) in [6.45, 7) is 17.2. The lowest BCUT2D eigenvalue weighted by Crippen LogP contribution is -2.15. The third-order valence-corrected chi connectivity index (χ3v) is 12.9. The lowest BCUT2D eigenvalue weighted by molar-refractivity contribution is 0.660. The Hall–Kier alpha value is -7.39. The molecule has 1 aromatic heterocycles. The normalized spacial score (nSPS) is 15.9. The molecule has 0 aliphatic heterocycles. The number of fused-ring (bicyclic) bond motifs is 7. The van der Waals surface area contributed by atoms with Gasteiger partial charge in [-0.15, -0.1) is 11.3 Å². The van der Waals surface area contributed by atoms with Crippen LogP contribution >= 0.6 is 11.3 Å². The smallest absolute Gasteiger partial charge is 0.0630 e. The Kier molecular flexibility index (Phi) is 15.9. The second kappa shape index (κ2) is 22.5. The van der Waals surface area contributed by atoms with Gasteiger partial charge < -0.3 is 0 Å². The zero-order valence-electron chi connectivity index (χ0n) is 39.1. The summed E-state index contributed by atoms with van der Waals surface area (Å²) in [6.07, 6.45) is 22.6. The highest BCUT2D eigenvalue weighted by atomic mass is 32.1. The molecule has 0 saturated heterocycles. The van der Waals surface area contributed by atoms with Gasteiger partial charge in [0.05, 0.1) is 5.69 Å². The van der Waals surface area contributed by atoms with E-state index in [-0.39, 0.29) is 5.41 Å². The molecule has 1 heterocycles. The fraction of sp³-hybridized carbons (Fsp3) is 0.109. The van der Waals surface area contributed by atoms with Crippen molar-refractivity contribution in [2.45, 2.75) is 47.0 Å². The van der Waals surface area contributed by atoms with Gasteiger partial charge in [0, 0.05) is 37.4 Å². The average molecular weight is 874 g/mol. The minimum atomic E-state index is -0.0430. The molecule has 8 aromatic rings. The minimum absolute atomic E-state index is 0.0430. The first-order valence-corrected chi connectivity index (χ1v) is 23.7. The summed E-state index contributed by atoms with van der Waals surface area (Å²) >= 11 is 1.92. The van der Waals surface area contributed by atoms with Gasteiger partial charge in [-0.2, -0.15) is 0 Å². The van der Waals surface area contributed by atoms with Crippen LogP contribution in [0, 0.1) is 6.92 Å². The predicted molar refractivity (Wildman–Crippen MR) is 293 cm³/mol. The van der Waals surface area contributed by atoms with E-state index in [1.807, 2.05) is 117 Å². The molecule has 66 heavy (non-hydrogen) atoms. The molecule has 2 heteroatoms. The molecule has 0 atom stereocenters. The largest absolute Gasteiger partial charge is 0.257 e. The summed E-state index contributed by atoms with van der Waals surface area (Å²) in [4.78, 5) is 4.55. The van der Waals surface area contributed by atoms with E-state index in [0.29, 0.717) is 0 Å². The summed E-state index contributed by atoms with van der Waals surface area (Å²) in [5.41, 5.74) is 16.0. The third-order valence-electron chi connectivity index (χ3n) is 11.7. The van der Waals surface area contributed by atoms with Crippen molar-refractivity contribution >= 4 is 54.6 Å². The monoisotopic (exact) mass is 873 g/mol. The minimum Gasteiger partial charge on any atom is -0.257 e. The number of benzene rings is 7. The van der Waals surface area contributed by atoms with Crippen molar-refractivity contribution in [2.75, 3.05) is 0 Å². The first-order valence-electron chi connectivity index (χ1n) is 22.9. The van der Waals surface area contributed by atoms with Gasteiger partial charge in [-0.3, -0.25) is 4.99 Å². The molecule has 1 nitrogen and oxygen atoms in total. The summed E-state index contributed by atoms with van der Waals surface area (Å²) in [7, 11) is 0. The molecule has 2 aliphatic rings. The van der Waals surface area contributed by atoms with Gasteiger partial charge in [0.2, 0.25) is 0 Å². The van der Waals surface area contributed by atoms with Crippen molar-refractivity contribution in [1.29, 1.82) is 0 Å². The quantitative estimate of drug-likeness (QED) is 0.117. The molecule has 0 bridgehead atoms. The highest BCUT2D eigenvalue weighted by Crippen LogP contribution is 2.54. The number of nitrogens with zero attached hydrogens (tertiary/aromatic N) is 1. The zero-order chi connectivity index (χ0) is 46.3. The molecule has 0 radical (unpaired) electrons. The van der Waals surface area contributed by atoms with Crippen molar-refractivity contribution < 1.29 is 0 Å². The van der Waals surface area contributed by atoms with Gasteiger partial charge in [0.25, 0.3) is 0 Å². The maximum Gasteiger partial charge on any atom is 0.0630 e. The van der Waals surface area contributed by atoms with E-state index in [1.54, 1.807) is 0 Å². The van der Waals surface area contributed by atoms with Crippen LogP contribution in [0.25, 0.3) is 53.6 Å². The van der Waals surface area contributed by atoms with Gasteiger partial charge in [0.15, 0.2) is 0 Å². The Morgan fingerprint density at radius 2 is 1.23 bits per heavy atom. The summed E-state index contributed by atoms with van der Waals surface area (Å²) in [6, 6.07) is 59.7. The Morgan fingerprint density at radius 1 is 0.606 bits per heavy atom. The number of hydrogen-bond acceptors (Lipinski definition) is 2. The Bertz CT molecular complexity index is 3110. The first kappa shape index (κ1) is 46.6. The fourth-order valence-electron chi connectivity index (χ4n) is 8.33. The van der Waals surface area contributed by atoms with E-state index in [0.717, 1.165) is 16.8 Å². The van der Waals surface area contributed by atoms with Gasteiger partial charge in [0.1, 0.15) is 0 Å². The van der Waals surface area contributed by atoms with Crippen LogP contribution in [0.4, 0.5) is 5.69 Å². The summed E-state index contributed by atoms with van der Waals surface area (Å²) in [5, 5.41) is 2.73. The third kappa shape index (κ3) is 10.9. The SMILES string of the molecule is C/C=C\C(=C/C=Nc1ccc(-c2ccccc2)cc1)c1ccccc1.C=C1\C=C/C=C\C=C/C=C\1c1ccc2c(c1)C(C)(C)c1ccc3c(sc4ccccc43)c1-2.CC.Cc1ccccc1. The van der Waals surface area contributed by atoms with Crippen molar-refractivity contribution in [1.82, 2.24) is 0 Å². The van der Waals surface area contributed by atoms with Crippen LogP contribution < -0.4 is 0 Å². The molecule has 326 valence electrons. The van der Waals surface area contributed by atoms with E-state index in [4.69, 9.17) is 0 Å². The molecular weight excluding hydrogens is 815 g/mol. The van der Waals surface area contributed by atoms with E-state index in [2.05, 4.69) is 184 Å². The van der Waals surface area contributed by atoms with Crippen LogP contribution in [0.15, 0.2) is 248 Å². The fourth-order valence-corrected chi connectivity index (χ4v) is 9.59. The number of aryl methyl sites for hydroxylation is 1. The van der Waals surface area contributed by atoms with Crippen molar-refractivity contribution in [3.63, 3.8) is 0 Å².